The topological polar surface area (TPSA) is 50.2 Å². The number of nitrogens with zero attached hydrogens (tertiary/aromatic N) is 3. The monoisotopic (exact) mass is 328 g/mol. The lowest BCUT2D eigenvalue weighted by Crippen LogP contribution is -2.37. The van der Waals surface area contributed by atoms with Gasteiger partial charge in [-0.2, -0.15) is 5.10 Å². The summed E-state index contributed by atoms with van der Waals surface area (Å²) < 4.78 is 1.99. The summed E-state index contributed by atoms with van der Waals surface area (Å²) in [6.45, 7) is 8.07. The standard InChI is InChI=1S/C19H28N4O/c1-15-13-16(2)23(21-15)12-8-11-20-19(24)14-22(4)17(3)18-9-6-5-7-10-18/h5-7,9-10,13,17H,8,11-12,14H2,1-4H3,(H,20,24)/t17-/m0/s1. The summed E-state index contributed by atoms with van der Waals surface area (Å²) >= 11 is 0. The minimum absolute atomic E-state index is 0.0636. The van der Waals surface area contributed by atoms with E-state index in [1.807, 2.05) is 36.9 Å². The Morgan fingerprint density at radius 3 is 2.62 bits per heavy atom. The van der Waals surface area contributed by atoms with Gasteiger partial charge in [0.05, 0.1) is 12.2 Å². The molecule has 0 aliphatic carbocycles. The number of hydrogen-bond acceptors (Lipinski definition) is 3. The fraction of sp³-hybridized carbons (Fsp3) is 0.474. The first-order valence-electron chi connectivity index (χ1n) is 8.50. The Morgan fingerprint density at radius 1 is 1.29 bits per heavy atom. The highest BCUT2D eigenvalue weighted by Crippen LogP contribution is 2.17. The number of carbonyl (C=O) groups excluding carboxylic acids is 1. The molecular weight excluding hydrogens is 300 g/mol. The van der Waals surface area contributed by atoms with Gasteiger partial charge < -0.3 is 5.32 Å². The van der Waals surface area contributed by atoms with Crippen molar-refractivity contribution in [2.24, 2.45) is 0 Å². The molecule has 0 spiro atoms. The zero-order chi connectivity index (χ0) is 17.5. The lowest BCUT2D eigenvalue weighted by molar-refractivity contribution is -0.122. The first-order valence-corrected chi connectivity index (χ1v) is 8.50. The largest absolute Gasteiger partial charge is 0.355 e. The average Bonchev–Trinajstić information content (AvgIpc) is 2.89. The smallest absolute Gasteiger partial charge is 0.234 e. The van der Waals surface area contributed by atoms with Gasteiger partial charge in [-0.05, 0) is 45.9 Å². The number of rotatable bonds is 8. The van der Waals surface area contributed by atoms with Crippen LogP contribution in [0.2, 0.25) is 0 Å². The Bertz CT molecular complexity index is 651. The van der Waals surface area contributed by atoms with E-state index in [-0.39, 0.29) is 11.9 Å². The Labute approximate surface area is 144 Å². The first-order chi connectivity index (χ1) is 11.5. The van der Waals surface area contributed by atoms with Crippen LogP contribution in [0.4, 0.5) is 0 Å². The van der Waals surface area contributed by atoms with Crippen LogP contribution < -0.4 is 5.32 Å². The average molecular weight is 328 g/mol. The number of aryl methyl sites for hydroxylation is 3. The SMILES string of the molecule is Cc1cc(C)n(CCCNC(=O)CN(C)[C@@H](C)c2ccccc2)n1. The predicted molar refractivity (Wildman–Crippen MR) is 96.8 cm³/mol. The van der Waals surface area contributed by atoms with Gasteiger partial charge in [-0.25, -0.2) is 0 Å². The molecule has 0 radical (unpaired) electrons. The van der Waals surface area contributed by atoms with Crippen molar-refractivity contribution in [3.05, 3.63) is 53.3 Å². The van der Waals surface area contributed by atoms with Crippen molar-refractivity contribution in [1.29, 1.82) is 0 Å². The minimum Gasteiger partial charge on any atom is -0.355 e. The number of amides is 1. The second-order valence-corrected chi connectivity index (χ2v) is 6.36. The molecule has 1 heterocycles. The molecule has 0 unspecified atom stereocenters. The lowest BCUT2D eigenvalue weighted by Gasteiger charge is -2.24. The third-order valence-corrected chi connectivity index (χ3v) is 4.31. The molecule has 1 amide bonds. The van der Waals surface area contributed by atoms with Crippen molar-refractivity contribution in [1.82, 2.24) is 20.0 Å². The number of carbonyl (C=O) groups is 1. The summed E-state index contributed by atoms with van der Waals surface area (Å²) in [6, 6.07) is 12.5. The normalized spacial score (nSPS) is 12.4. The maximum atomic E-state index is 12.1. The molecule has 5 heteroatoms. The molecule has 1 N–H and O–H groups in total. The molecule has 1 aromatic carbocycles. The molecule has 24 heavy (non-hydrogen) atoms. The van der Waals surface area contributed by atoms with Crippen LogP contribution in [-0.2, 0) is 11.3 Å². The van der Waals surface area contributed by atoms with Crippen molar-refractivity contribution in [3.8, 4) is 0 Å². The van der Waals surface area contributed by atoms with E-state index in [1.54, 1.807) is 0 Å². The van der Waals surface area contributed by atoms with Crippen LogP contribution in [0.1, 0.15) is 36.3 Å². The zero-order valence-corrected chi connectivity index (χ0v) is 15.1. The van der Waals surface area contributed by atoms with Gasteiger partial charge in [0.25, 0.3) is 0 Å². The van der Waals surface area contributed by atoms with E-state index in [4.69, 9.17) is 0 Å². The quantitative estimate of drug-likeness (QED) is 0.758. The highest BCUT2D eigenvalue weighted by Gasteiger charge is 2.14. The highest BCUT2D eigenvalue weighted by molar-refractivity contribution is 5.78. The minimum atomic E-state index is 0.0636. The number of likely N-dealkylation sites (N-methyl/N-ethyl adjacent to an activating group) is 1. The molecule has 0 aliphatic rings. The van der Waals surface area contributed by atoms with Crippen LogP contribution in [-0.4, -0.2) is 40.7 Å². The molecule has 0 bridgehead atoms. The van der Waals surface area contributed by atoms with Crippen LogP contribution in [0.5, 0.6) is 0 Å². The molecule has 1 aromatic heterocycles. The van der Waals surface area contributed by atoms with Crippen LogP contribution in [0.25, 0.3) is 0 Å². The van der Waals surface area contributed by atoms with Crippen LogP contribution in [0.15, 0.2) is 36.4 Å². The van der Waals surface area contributed by atoms with Gasteiger partial charge in [-0.1, -0.05) is 30.3 Å². The van der Waals surface area contributed by atoms with Crippen molar-refractivity contribution in [2.75, 3.05) is 20.1 Å². The zero-order valence-electron chi connectivity index (χ0n) is 15.1. The van der Waals surface area contributed by atoms with Gasteiger partial charge in [0, 0.05) is 24.8 Å². The lowest BCUT2D eigenvalue weighted by atomic mass is 10.1. The van der Waals surface area contributed by atoms with Crippen molar-refractivity contribution in [2.45, 2.75) is 39.8 Å². The first kappa shape index (κ1) is 18.2. The Balaban J connectivity index is 1.70. The molecule has 1 atom stereocenters. The third kappa shape index (κ3) is 5.20. The second kappa shape index (κ2) is 8.64. The Kier molecular flexibility index (Phi) is 6.55. The molecule has 0 saturated carbocycles. The molecule has 0 aliphatic heterocycles. The predicted octanol–water partition coefficient (Wildman–Crippen LogP) is 2.70. The van der Waals surface area contributed by atoms with Gasteiger partial charge >= 0.3 is 0 Å². The van der Waals surface area contributed by atoms with E-state index in [0.717, 1.165) is 24.4 Å². The molecular formula is C19H28N4O. The van der Waals surface area contributed by atoms with Gasteiger partial charge in [0.15, 0.2) is 0 Å². The molecule has 2 aromatic rings. The summed E-state index contributed by atoms with van der Waals surface area (Å²) in [5.41, 5.74) is 3.42. The van der Waals surface area contributed by atoms with Crippen molar-refractivity contribution in [3.63, 3.8) is 0 Å². The van der Waals surface area contributed by atoms with Crippen LogP contribution >= 0.6 is 0 Å². The van der Waals surface area contributed by atoms with E-state index in [9.17, 15) is 4.79 Å². The van der Waals surface area contributed by atoms with E-state index in [0.29, 0.717) is 13.1 Å². The van der Waals surface area contributed by atoms with Crippen molar-refractivity contribution < 1.29 is 4.79 Å². The third-order valence-electron chi connectivity index (χ3n) is 4.31. The van der Waals surface area contributed by atoms with Gasteiger partial charge in [0.1, 0.15) is 0 Å². The molecule has 130 valence electrons. The summed E-state index contributed by atoms with van der Waals surface area (Å²) in [4.78, 5) is 14.2. The second-order valence-electron chi connectivity index (χ2n) is 6.36. The van der Waals surface area contributed by atoms with E-state index < -0.39 is 0 Å². The van der Waals surface area contributed by atoms with Crippen molar-refractivity contribution >= 4 is 5.91 Å². The maximum absolute atomic E-state index is 12.1. The van der Waals surface area contributed by atoms with Gasteiger partial charge in [0.2, 0.25) is 5.91 Å². The number of benzene rings is 1. The number of aromatic nitrogens is 2. The Hall–Kier alpha value is -2.14. The maximum Gasteiger partial charge on any atom is 0.234 e. The highest BCUT2D eigenvalue weighted by atomic mass is 16.2. The summed E-state index contributed by atoms with van der Waals surface area (Å²) in [6.07, 6.45) is 0.881. The van der Waals surface area contributed by atoms with E-state index >= 15 is 0 Å². The fourth-order valence-electron chi connectivity index (χ4n) is 2.76. The molecule has 0 fully saturated rings. The van der Waals surface area contributed by atoms with Gasteiger partial charge in [-0.15, -0.1) is 0 Å². The van der Waals surface area contributed by atoms with E-state index in [1.165, 1.54) is 5.56 Å². The van der Waals surface area contributed by atoms with E-state index in [2.05, 4.69) is 47.4 Å². The summed E-state index contributed by atoms with van der Waals surface area (Å²) in [7, 11) is 1.98. The fourth-order valence-corrected chi connectivity index (χ4v) is 2.76. The molecule has 0 saturated heterocycles. The van der Waals surface area contributed by atoms with Crippen LogP contribution in [0, 0.1) is 13.8 Å². The van der Waals surface area contributed by atoms with Crippen LogP contribution in [0.3, 0.4) is 0 Å². The number of hydrogen-bond donors (Lipinski definition) is 1. The molecule has 5 nitrogen and oxygen atoms in total. The van der Waals surface area contributed by atoms with Gasteiger partial charge in [-0.3, -0.25) is 14.4 Å². The Morgan fingerprint density at radius 2 is 2.00 bits per heavy atom. The summed E-state index contributed by atoms with van der Waals surface area (Å²) in [5, 5.41) is 7.42. The summed E-state index contributed by atoms with van der Waals surface area (Å²) in [5.74, 6) is 0.0636. The number of nitrogens with one attached hydrogen (secondary N) is 1. The molecule has 2 rings (SSSR count).